The van der Waals surface area contributed by atoms with Gasteiger partial charge in [-0.1, -0.05) is 50.6 Å². The molecular formula is C23H25ClN4O2. The first-order chi connectivity index (χ1) is 14.4. The zero-order valence-electron chi connectivity index (χ0n) is 17.3. The molecule has 7 heteroatoms. The van der Waals surface area contributed by atoms with E-state index < -0.39 is 0 Å². The highest BCUT2D eigenvalue weighted by Crippen LogP contribution is 2.19. The van der Waals surface area contributed by atoms with E-state index in [1.54, 1.807) is 16.9 Å². The van der Waals surface area contributed by atoms with Crippen LogP contribution in [0.1, 0.15) is 42.4 Å². The maximum absolute atomic E-state index is 12.8. The maximum Gasteiger partial charge on any atom is 0.255 e. The number of halogens is 1. The molecule has 1 heterocycles. The molecule has 156 valence electrons. The van der Waals surface area contributed by atoms with Gasteiger partial charge in [0.15, 0.2) is 0 Å². The molecule has 2 amide bonds. The molecule has 0 radical (unpaired) electrons. The van der Waals surface area contributed by atoms with Crippen molar-refractivity contribution in [3.8, 4) is 5.69 Å². The molecule has 3 aromatic rings. The number of anilines is 1. The predicted molar refractivity (Wildman–Crippen MR) is 119 cm³/mol. The van der Waals surface area contributed by atoms with Crippen LogP contribution in [0.15, 0.2) is 54.7 Å². The van der Waals surface area contributed by atoms with E-state index in [1.165, 1.54) is 0 Å². The number of rotatable bonds is 7. The maximum atomic E-state index is 12.8. The van der Waals surface area contributed by atoms with Gasteiger partial charge in [-0.3, -0.25) is 9.59 Å². The van der Waals surface area contributed by atoms with Gasteiger partial charge in [-0.15, -0.1) is 0 Å². The second-order valence-electron chi connectivity index (χ2n) is 7.28. The van der Waals surface area contributed by atoms with Crippen molar-refractivity contribution in [2.24, 2.45) is 5.92 Å². The lowest BCUT2D eigenvalue weighted by molar-refractivity contribution is -0.118. The molecule has 0 atom stereocenters. The number of amides is 2. The van der Waals surface area contributed by atoms with Gasteiger partial charge < -0.3 is 10.6 Å². The summed E-state index contributed by atoms with van der Waals surface area (Å²) in [5, 5.41) is 10.8. The van der Waals surface area contributed by atoms with Crippen LogP contribution >= 0.6 is 11.6 Å². The van der Waals surface area contributed by atoms with Crippen molar-refractivity contribution in [1.29, 1.82) is 0 Å². The van der Waals surface area contributed by atoms with E-state index in [-0.39, 0.29) is 17.7 Å². The minimum Gasteiger partial charge on any atom is -0.348 e. The van der Waals surface area contributed by atoms with Gasteiger partial charge in [-0.25, -0.2) is 4.68 Å². The van der Waals surface area contributed by atoms with Crippen molar-refractivity contribution in [1.82, 2.24) is 15.1 Å². The van der Waals surface area contributed by atoms with Crippen molar-refractivity contribution in [2.45, 2.75) is 33.7 Å². The van der Waals surface area contributed by atoms with Gasteiger partial charge >= 0.3 is 0 Å². The summed E-state index contributed by atoms with van der Waals surface area (Å²) in [6.45, 7) is 6.01. The van der Waals surface area contributed by atoms with Gasteiger partial charge in [0.1, 0.15) is 0 Å². The number of carbonyl (C=O) groups is 2. The van der Waals surface area contributed by atoms with Crippen LogP contribution in [-0.4, -0.2) is 21.6 Å². The lowest BCUT2D eigenvalue weighted by Gasteiger charge is -2.11. The van der Waals surface area contributed by atoms with Crippen LogP contribution in [0.2, 0.25) is 5.02 Å². The predicted octanol–water partition coefficient (Wildman–Crippen LogP) is 4.61. The highest BCUT2D eigenvalue weighted by Gasteiger charge is 2.17. The molecule has 0 spiro atoms. The van der Waals surface area contributed by atoms with Crippen LogP contribution in [0.5, 0.6) is 0 Å². The van der Waals surface area contributed by atoms with E-state index in [0.29, 0.717) is 29.2 Å². The van der Waals surface area contributed by atoms with Gasteiger partial charge in [0, 0.05) is 23.2 Å². The zero-order valence-corrected chi connectivity index (χ0v) is 18.0. The summed E-state index contributed by atoms with van der Waals surface area (Å²) in [4.78, 5) is 24.7. The molecule has 30 heavy (non-hydrogen) atoms. The van der Waals surface area contributed by atoms with Crippen molar-refractivity contribution in [3.05, 3.63) is 76.6 Å². The molecular weight excluding hydrogens is 400 g/mol. The Morgan fingerprint density at radius 3 is 2.60 bits per heavy atom. The molecule has 1 aromatic heterocycles. The molecule has 0 saturated heterocycles. The fraction of sp³-hybridized carbons (Fsp3) is 0.261. The zero-order chi connectivity index (χ0) is 21.7. The second-order valence-corrected chi connectivity index (χ2v) is 7.71. The average Bonchev–Trinajstić information content (AvgIpc) is 3.16. The molecule has 3 rings (SSSR count). The van der Waals surface area contributed by atoms with Crippen LogP contribution in [0.3, 0.4) is 0 Å². The summed E-state index contributed by atoms with van der Waals surface area (Å²) >= 11 is 6.09. The van der Waals surface area contributed by atoms with E-state index in [1.807, 2.05) is 63.2 Å². The molecule has 0 aliphatic heterocycles. The van der Waals surface area contributed by atoms with Crippen molar-refractivity contribution in [2.75, 3.05) is 5.32 Å². The van der Waals surface area contributed by atoms with E-state index in [2.05, 4.69) is 15.7 Å². The third kappa shape index (κ3) is 5.07. The number of nitrogens with one attached hydrogen (secondary N) is 2. The number of hydrogen-bond acceptors (Lipinski definition) is 3. The van der Waals surface area contributed by atoms with Crippen molar-refractivity contribution < 1.29 is 9.59 Å². The van der Waals surface area contributed by atoms with Crippen LogP contribution in [0.25, 0.3) is 5.69 Å². The number of hydrogen-bond donors (Lipinski definition) is 2. The number of nitrogens with zero attached hydrogens (tertiary/aromatic N) is 2. The standard InChI is InChI=1S/C23H25ClN4O2/c1-4-21-20(14-26-28(21)19-10-6-8-17(24)12-19)23(30)25-13-16-7-5-9-18(11-16)27-22(29)15(2)3/h5-12,14-15H,4,13H2,1-3H3,(H,25,30)(H,27,29). The molecule has 2 N–H and O–H groups in total. The molecule has 0 aliphatic rings. The molecule has 2 aromatic carbocycles. The van der Waals surface area contributed by atoms with E-state index in [0.717, 1.165) is 16.9 Å². The second kappa shape index (κ2) is 9.59. The normalized spacial score (nSPS) is 10.8. The quantitative estimate of drug-likeness (QED) is 0.581. The Labute approximate surface area is 181 Å². The highest BCUT2D eigenvalue weighted by molar-refractivity contribution is 6.30. The monoisotopic (exact) mass is 424 g/mol. The fourth-order valence-electron chi connectivity index (χ4n) is 3.06. The van der Waals surface area contributed by atoms with Gasteiger partial charge in [-0.2, -0.15) is 5.10 Å². The summed E-state index contributed by atoms with van der Waals surface area (Å²) in [7, 11) is 0. The first-order valence-corrected chi connectivity index (χ1v) is 10.3. The average molecular weight is 425 g/mol. The minimum absolute atomic E-state index is 0.0443. The van der Waals surface area contributed by atoms with Crippen LogP contribution < -0.4 is 10.6 Å². The Morgan fingerprint density at radius 1 is 1.13 bits per heavy atom. The first-order valence-electron chi connectivity index (χ1n) is 9.90. The number of aromatic nitrogens is 2. The Morgan fingerprint density at radius 2 is 1.90 bits per heavy atom. The van der Waals surface area contributed by atoms with Gasteiger partial charge in [0.25, 0.3) is 5.91 Å². The highest BCUT2D eigenvalue weighted by atomic mass is 35.5. The summed E-state index contributed by atoms with van der Waals surface area (Å²) in [5.41, 5.74) is 3.76. The van der Waals surface area contributed by atoms with Crippen molar-refractivity contribution >= 4 is 29.1 Å². The van der Waals surface area contributed by atoms with Crippen LogP contribution in [0.4, 0.5) is 5.69 Å². The Hall–Kier alpha value is -3.12. The molecule has 0 aliphatic carbocycles. The fourth-order valence-corrected chi connectivity index (χ4v) is 3.24. The summed E-state index contributed by atoms with van der Waals surface area (Å²) < 4.78 is 1.74. The Bertz CT molecular complexity index is 1060. The SMILES string of the molecule is CCc1c(C(=O)NCc2cccc(NC(=O)C(C)C)c2)cnn1-c1cccc(Cl)c1. The summed E-state index contributed by atoms with van der Waals surface area (Å²) in [5.74, 6) is -0.342. The van der Waals surface area contributed by atoms with Gasteiger partial charge in [0.2, 0.25) is 5.91 Å². The Balaban J connectivity index is 1.72. The molecule has 0 fully saturated rings. The number of carbonyl (C=O) groups excluding carboxylic acids is 2. The smallest absolute Gasteiger partial charge is 0.255 e. The lowest BCUT2D eigenvalue weighted by Crippen LogP contribution is -2.24. The van der Waals surface area contributed by atoms with E-state index >= 15 is 0 Å². The largest absolute Gasteiger partial charge is 0.348 e. The first kappa shape index (κ1) is 21.6. The third-order valence-corrected chi connectivity index (χ3v) is 4.91. The molecule has 0 saturated carbocycles. The van der Waals surface area contributed by atoms with E-state index in [4.69, 9.17) is 11.6 Å². The topological polar surface area (TPSA) is 76.0 Å². The van der Waals surface area contributed by atoms with Crippen LogP contribution in [0, 0.1) is 5.92 Å². The summed E-state index contributed by atoms with van der Waals surface area (Å²) in [6, 6.07) is 14.8. The van der Waals surface area contributed by atoms with Crippen molar-refractivity contribution in [3.63, 3.8) is 0 Å². The number of benzene rings is 2. The Kier molecular flexibility index (Phi) is 6.90. The van der Waals surface area contributed by atoms with Gasteiger partial charge in [-0.05, 0) is 42.3 Å². The van der Waals surface area contributed by atoms with E-state index in [9.17, 15) is 9.59 Å². The van der Waals surface area contributed by atoms with Crippen LogP contribution in [-0.2, 0) is 17.8 Å². The summed E-state index contributed by atoms with van der Waals surface area (Å²) in [6.07, 6.45) is 2.22. The lowest BCUT2D eigenvalue weighted by atomic mass is 10.1. The third-order valence-electron chi connectivity index (χ3n) is 4.67. The minimum atomic E-state index is -0.197. The van der Waals surface area contributed by atoms with Gasteiger partial charge in [0.05, 0.1) is 23.1 Å². The molecule has 6 nitrogen and oxygen atoms in total. The molecule has 0 unspecified atom stereocenters. The molecule has 0 bridgehead atoms.